The summed E-state index contributed by atoms with van der Waals surface area (Å²) in [6.45, 7) is 6.09. The van der Waals surface area contributed by atoms with Gasteiger partial charge in [0.25, 0.3) is 0 Å². The fraction of sp³-hybridized carbons (Fsp3) is 0.900. The molecule has 0 amide bonds. The fourth-order valence-corrected chi connectivity index (χ4v) is 2.55. The average Bonchev–Trinajstić information content (AvgIpc) is 2.23. The number of ether oxygens (including phenoxy) is 1. The molecule has 2 rings (SSSR count). The quantitative estimate of drug-likeness (QED) is 0.551. The molecule has 4 atom stereocenters. The summed E-state index contributed by atoms with van der Waals surface area (Å²) in [6, 6.07) is 0. The van der Waals surface area contributed by atoms with Crippen molar-refractivity contribution in [1.82, 2.24) is 0 Å². The van der Waals surface area contributed by atoms with E-state index in [0.29, 0.717) is 5.78 Å². The molecule has 1 aliphatic carbocycles. The molecule has 2 bridgehead atoms. The molecule has 0 aromatic rings. The highest BCUT2D eigenvalue weighted by molar-refractivity contribution is 5.90. The van der Waals surface area contributed by atoms with E-state index in [-0.39, 0.29) is 23.5 Å². The van der Waals surface area contributed by atoms with Crippen molar-refractivity contribution in [3.05, 3.63) is 0 Å². The van der Waals surface area contributed by atoms with Gasteiger partial charge in [0.2, 0.25) is 0 Å². The van der Waals surface area contributed by atoms with E-state index in [1.807, 2.05) is 20.8 Å². The van der Waals surface area contributed by atoms with Gasteiger partial charge in [-0.25, -0.2) is 0 Å². The first-order valence-corrected chi connectivity index (χ1v) is 4.75. The summed E-state index contributed by atoms with van der Waals surface area (Å²) >= 11 is 0. The van der Waals surface area contributed by atoms with Crippen molar-refractivity contribution in [3.8, 4) is 0 Å². The first-order chi connectivity index (χ1) is 5.55. The summed E-state index contributed by atoms with van der Waals surface area (Å²) < 4.78 is 5.73. The van der Waals surface area contributed by atoms with Gasteiger partial charge in [0.15, 0.2) is 0 Å². The zero-order valence-corrected chi connectivity index (χ0v) is 7.96. The monoisotopic (exact) mass is 168 g/mol. The largest absolute Gasteiger partial charge is 0.374 e. The number of fused-ring (bicyclic) bond motifs is 2. The SMILES string of the molecule is C[C@H]1O[C@H](C)[C@@]2(C)CC[C@@H]1C2=O. The molecule has 2 nitrogen and oxygen atoms in total. The van der Waals surface area contributed by atoms with Crippen molar-refractivity contribution in [2.45, 2.75) is 45.8 Å². The number of carbonyl (C=O) groups excluding carboxylic acids is 1. The minimum absolute atomic E-state index is 0.110. The Labute approximate surface area is 73.3 Å². The molecular weight excluding hydrogens is 152 g/mol. The third-order valence-electron chi connectivity index (χ3n) is 3.76. The second-order valence-corrected chi connectivity index (χ2v) is 4.41. The Hall–Kier alpha value is -0.370. The molecule has 1 heterocycles. The van der Waals surface area contributed by atoms with Crippen LogP contribution in [0.3, 0.4) is 0 Å². The Kier molecular flexibility index (Phi) is 1.59. The third-order valence-corrected chi connectivity index (χ3v) is 3.76. The maximum absolute atomic E-state index is 11.9. The number of ketones is 1. The second kappa shape index (κ2) is 2.32. The Morgan fingerprint density at radius 2 is 2.17 bits per heavy atom. The van der Waals surface area contributed by atoms with Crippen LogP contribution in [0.2, 0.25) is 0 Å². The van der Waals surface area contributed by atoms with Gasteiger partial charge in [-0.15, -0.1) is 0 Å². The molecule has 2 fully saturated rings. The molecule has 1 saturated carbocycles. The molecule has 12 heavy (non-hydrogen) atoms. The van der Waals surface area contributed by atoms with Crippen LogP contribution < -0.4 is 0 Å². The predicted octanol–water partition coefficient (Wildman–Crippen LogP) is 1.78. The number of carbonyl (C=O) groups is 1. The van der Waals surface area contributed by atoms with E-state index in [0.717, 1.165) is 12.8 Å². The number of hydrogen-bond acceptors (Lipinski definition) is 2. The van der Waals surface area contributed by atoms with Crippen molar-refractivity contribution in [1.29, 1.82) is 0 Å². The molecule has 1 saturated heterocycles. The van der Waals surface area contributed by atoms with Gasteiger partial charge in [-0.3, -0.25) is 4.79 Å². The van der Waals surface area contributed by atoms with E-state index in [1.165, 1.54) is 0 Å². The van der Waals surface area contributed by atoms with Crippen LogP contribution in [-0.2, 0) is 9.53 Å². The molecule has 0 spiro atoms. The van der Waals surface area contributed by atoms with Gasteiger partial charge in [0.05, 0.1) is 17.6 Å². The minimum Gasteiger partial charge on any atom is -0.374 e. The summed E-state index contributed by atoms with van der Waals surface area (Å²) in [5.74, 6) is 0.625. The lowest BCUT2D eigenvalue weighted by Gasteiger charge is -2.37. The summed E-state index contributed by atoms with van der Waals surface area (Å²) in [5.41, 5.74) is -0.169. The van der Waals surface area contributed by atoms with Crippen molar-refractivity contribution < 1.29 is 9.53 Å². The molecule has 0 N–H and O–H groups in total. The summed E-state index contributed by atoms with van der Waals surface area (Å²) in [6.07, 6.45) is 2.30. The van der Waals surface area contributed by atoms with Crippen molar-refractivity contribution in [2.24, 2.45) is 11.3 Å². The van der Waals surface area contributed by atoms with E-state index >= 15 is 0 Å². The van der Waals surface area contributed by atoms with Gasteiger partial charge in [-0.1, -0.05) is 6.92 Å². The topological polar surface area (TPSA) is 26.3 Å². The van der Waals surface area contributed by atoms with Gasteiger partial charge in [0.1, 0.15) is 5.78 Å². The first-order valence-electron chi connectivity index (χ1n) is 4.75. The van der Waals surface area contributed by atoms with Gasteiger partial charge in [-0.2, -0.15) is 0 Å². The molecule has 1 aliphatic heterocycles. The normalized spacial score (nSPS) is 52.9. The van der Waals surface area contributed by atoms with Gasteiger partial charge in [0, 0.05) is 5.92 Å². The fourth-order valence-electron chi connectivity index (χ4n) is 2.55. The number of hydrogen-bond donors (Lipinski definition) is 0. The second-order valence-electron chi connectivity index (χ2n) is 4.41. The average molecular weight is 168 g/mol. The Bertz CT molecular complexity index is 224. The van der Waals surface area contributed by atoms with E-state index in [1.54, 1.807) is 0 Å². The van der Waals surface area contributed by atoms with Crippen molar-refractivity contribution in [3.63, 3.8) is 0 Å². The number of rotatable bonds is 0. The third kappa shape index (κ3) is 0.817. The molecule has 0 unspecified atom stereocenters. The molecule has 0 aromatic heterocycles. The van der Waals surface area contributed by atoms with Crippen LogP contribution >= 0.6 is 0 Å². The Morgan fingerprint density at radius 3 is 2.83 bits per heavy atom. The highest BCUT2D eigenvalue weighted by Gasteiger charge is 2.54. The standard InChI is InChI=1S/C10H16O2/c1-6-8-4-5-10(3,9(8)11)7(2)12-6/h6-8H,4-5H2,1-3H3/t6-,7-,8+,10-/m1/s1. The highest BCUT2D eigenvalue weighted by atomic mass is 16.5. The zero-order chi connectivity index (χ0) is 8.93. The van der Waals surface area contributed by atoms with Gasteiger partial charge >= 0.3 is 0 Å². The van der Waals surface area contributed by atoms with Crippen LogP contribution in [-0.4, -0.2) is 18.0 Å². The molecular formula is C10H16O2. The van der Waals surface area contributed by atoms with Gasteiger partial charge in [-0.05, 0) is 26.7 Å². The van der Waals surface area contributed by atoms with Crippen LogP contribution in [0, 0.1) is 11.3 Å². The van der Waals surface area contributed by atoms with E-state index in [4.69, 9.17) is 4.74 Å². The van der Waals surface area contributed by atoms with E-state index < -0.39 is 0 Å². The van der Waals surface area contributed by atoms with Crippen LogP contribution in [0.25, 0.3) is 0 Å². The lowest BCUT2D eigenvalue weighted by molar-refractivity contribution is -0.157. The van der Waals surface area contributed by atoms with Crippen LogP contribution in [0.5, 0.6) is 0 Å². The first kappa shape index (κ1) is 8.24. The summed E-state index contributed by atoms with van der Waals surface area (Å²) in [4.78, 5) is 11.9. The van der Waals surface area contributed by atoms with Crippen molar-refractivity contribution >= 4 is 5.78 Å². The van der Waals surface area contributed by atoms with Crippen LogP contribution in [0.15, 0.2) is 0 Å². The minimum atomic E-state index is -0.169. The molecule has 2 aliphatic rings. The number of Topliss-reactive ketones (excluding diaryl/α,β-unsaturated/α-hetero) is 1. The maximum atomic E-state index is 11.9. The highest BCUT2D eigenvalue weighted by Crippen LogP contribution is 2.48. The molecule has 0 radical (unpaired) electrons. The molecule has 68 valence electrons. The molecule has 2 heteroatoms. The van der Waals surface area contributed by atoms with E-state index in [9.17, 15) is 4.79 Å². The lowest BCUT2D eigenvalue weighted by Crippen LogP contribution is -2.47. The lowest BCUT2D eigenvalue weighted by atomic mass is 9.78. The van der Waals surface area contributed by atoms with Crippen LogP contribution in [0.4, 0.5) is 0 Å². The zero-order valence-electron chi connectivity index (χ0n) is 7.96. The maximum Gasteiger partial charge on any atom is 0.146 e. The Morgan fingerprint density at radius 1 is 1.50 bits per heavy atom. The molecule has 0 aromatic carbocycles. The smallest absolute Gasteiger partial charge is 0.146 e. The van der Waals surface area contributed by atoms with E-state index in [2.05, 4.69) is 0 Å². The van der Waals surface area contributed by atoms with Crippen LogP contribution in [0.1, 0.15) is 33.6 Å². The summed E-state index contributed by atoms with van der Waals surface area (Å²) in [5, 5.41) is 0. The van der Waals surface area contributed by atoms with Crippen molar-refractivity contribution in [2.75, 3.05) is 0 Å². The summed E-state index contributed by atoms with van der Waals surface area (Å²) in [7, 11) is 0. The Balaban J connectivity index is 2.34. The van der Waals surface area contributed by atoms with Gasteiger partial charge < -0.3 is 4.74 Å². The predicted molar refractivity (Wildman–Crippen MR) is 45.8 cm³/mol.